The molecule has 1 fully saturated rings. The first-order valence-electron chi connectivity index (χ1n) is 9.34. The van der Waals surface area contributed by atoms with Crippen molar-refractivity contribution < 1.29 is 21.6 Å². The minimum atomic E-state index is -3.55. The van der Waals surface area contributed by atoms with Gasteiger partial charge in [-0.1, -0.05) is 13.8 Å². The molecule has 0 aliphatic carbocycles. The maximum Gasteiger partial charge on any atom is 0.243 e. The van der Waals surface area contributed by atoms with Crippen molar-refractivity contribution in [1.29, 1.82) is 0 Å². The van der Waals surface area contributed by atoms with Crippen LogP contribution in [0.1, 0.15) is 32.3 Å². The summed E-state index contributed by atoms with van der Waals surface area (Å²) in [4.78, 5) is 14.7. The molecule has 27 heavy (non-hydrogen) atoms. The van der Waals surface area contributed by atoms with Crippen LogP contribution in [0.2, 0.25) is 0 Å². The van der Waals surface area contributed by atoms with Crippen LogP contribution in [0.3, 0.4) is 0 Å². The van der Waals surface area contributed by atoms with Crippen LogP contribution in [0, 0.1) is 5.92 Å². The molecule has 9 heteroatoms. The molecule has 0 aromatic heterocycles. The second kappa shape index (κ2) is 7.52. The number of sulfonamides is 1. The topological polar surface area (TPSA) is 91.8 Å². The molecule has 7 nitrogen and oxygen atoms in total. The maximum absolute atomic E-state index is 12.9. The lowest BCUT2D eigenvalue weighted by atomic mass is 9.99. The van der Waals surface area contributed by atoms with E-state index in [-0.39, 0.29) is 22.3 Å². The molecule has 1 unspecified atom stereocenters. The molecule has 0 N–H and O–H groups in total. The molecular formula is C18H26N2O5S2. The highest BCUT2D eigenvalue weighted by Crippen LogP contribution is 2.33. The standard InChI is InChI=1S/C18H26N2O5S2/c1-3-19(4-2)27(24,25)16-7-8-17-14(12-16)6-5-10-20(17)18(21)15-9-11-26(22,23)13-15/h7-8,12,15H,3-6,9-11,13H2,1-2H3. The number of carbonyl (C=O) groups excluding carboxylic acids is 1. The molecule has 2 aliphatic rings. The third kappa shape index (κ3) is 3.90. The summed E-state index contributed by atoms with van der Waals surface area (Å²) in [5.41, 5.74) is 1.53. The molecule has 150 valence electrons. The summed E-state index contributed by atoms with van der Waals surface area (Å²) in [7, 11) is -6.68. The molecular weight excluding hydrogens is 388 g/mol. The largest absolute Gasteiger partial charge is 0.312 e. The van der Waals surface area contributed by atoms with Gasteiger partial charge in [-0.15, -0.1) is 0 Å². The smallest absolute Gasteiger partial charge is 0.243 e. The third-order valence-corrected chi connectivity index (χ3v) is 9.17. The number of aryl methyl sites for hydroxylation is 1. The molecule has 3 rings (SSSR count). The SMILES string of the molecule is CCN(CC)S(=O)(=O)c1ccc2c(c1)CCCN2C(=O)C1CCS(=O)(=O)C1. The summed E-state index contributed by atoms with van der Waals surface area (Å²) in [6.07, 6.45) is 1.79. The highest BCUT2D eigenvalue weighted by molar-refractivity contribution is 7.91. The van der Waals surface area contributed by atoms with Crippen LogP contribution in [-0.4, -0.2) is 58.2 Å². The van der Waals surface area contributed by atoms with Crippen molar-refractivity contribution in [3.8, 4) is 0 Å². The van der Waals surface area contributed by atoms with E-state index in [1.807, 2.05) is 0 Å². The van der Waals surface area contributed by atoms with E-state index in [9.17, 15) is 21.6 Å². The second-order valence-electron chi connectivity index (χ2n) is 7.07. The third-order valence-electron chi connectivity index (χ3n) is 5.36. The van der Waals surface area contributed by atoms with Crippen LogP contribution in [0.4, 0.5) is 5.69 Å². The van der Waals surface area contributed by atoms with E-state index in [1.54, 1.807) is 36.9 Å². The molecule has 1 saturated heterocycles. The number of rotatable bonds is 5. The van der Waals surface area contributed by atoms with E-state index in [4.69, 9.17) is 0 Å². The van der Waals surface area contributed by atoms with Crippen molar-refractivity contribution in [3.05, 3.63) is 23.8 Å². The van der Waals surface area contributed by atoms with Gasteiger partial charge in [-0.3, -0.25) is 4.79 Å². The van der Waals surface area contributed by atoms with Crippen molar-refractivity contribution in [2.75, 3.05) is 36.0 Å². The van der Waals surface area contributed by atoms with E-state index < -0.39 is 25.8 Å². The quantitative estimate of drug-likeness (QED) is 0.727. The predicted molar refractivity (Wildman–Crippen MR) is 104 cm³/mol. The first kappa shape index (κ1) is 20.3. The van der Waals surface area contributed by atoms with Gasteiger partial charge in [0.1, 0.15) is 0 Å². The number of sulfone groups is 1. The fourth-order valence-corrected chi connectivity index (χ4v) is 7.13. The Morgan fingerprint density at radius 2 is 1.96 bits per heavy atom. The van der Waals surface area contributed by atoms with Crippen molar-refractivity contribution in [2.45, 2.75) is 38.0 Å². The maximum atomic E-state index is 12.9. The number of amides is 1. The van der Waals surface area contributed by atoms with Gasteiger partial charge >= 0.3 is 0 Å². The van der Waals surface area contributed by atoms with Gasteiger partial charge in [-0.2, -0.15) is 4.31 Å². The van der Waals surface area contributed by atoms with Gasteiger partial charge in [0.25, 0.3) is 0 Å². The van der Waals surface area contributed by atoms with Crippen LogP contribution in [0.25, 0.3) is 0 Å². The van der Waals surface area contributed by atoms with Gasteiger partial charge in [0, 0.05) is 25.3 Å². The molecule has 0 saturated carbocycles. The Balaban J connectivity index is 1.90. The molecule has 0 bridgehead atoms. The minimum absolute atomic E-state index is 0.0607. The Labute approximate surface area is 161 Å². The summed E-state index contributed by atoms with van der Waals surface area (Å²) in [6.45, 7) is 4.93. The summed E-state index contributed by atoms with van der Waals surface area (Å²) in [5.74, 6) is -0.701. The monoisotopic (exact) mass is 414 g/mol. The Morgan fingerprint density at radius 1 is 1.26 bits per heavy atom. The molecule has 1 aromatic carbocycles. The first-order valence-corrected chi connectivity index (χ1v) is 12.6. The van der Waals surface area contributed by atoms with Crippen molar-refractivity contribution in [1.82, 2.24) is 4.31 Å². The summed E-state index contributed by atoms with van der Waals surface area (Å²) >= 11 is 0. The van der Waals surface area contributed by atoms with E-state index in [0.717, 1.165) is 12.0 Å². The number of hydrogen-bond donors (Lipinski definition) is 0. The van der Waals surface area contributed by atoms with Gasteiger partial charge in [0.05, 0.1) is 22.3 Å². The lowest BCUT2D eigenvalue weighted by Crippen LogP contribution is -2.40. The van der Waals surface area contributed by atoms with Crippen molar-refractivity contribution in [2.24, 2.45) is 5.92 Å². The van der Waals surface area contributed by atoms with Crippen LogP contribution < -0.4 is 4.90 Å². The van der Waals surface area contributed by atoms with Crippen LogP contribution in [-0.2, 0) is 31.1 Å². The molecule has 1 amide bonds. The number of benzene rings is 1. The van der Waals surface area contributed by atoms with Gasteiger partial charge < -0.3 is 4.90 Å². The van der Waals surface area contributed by atoms with Crippen LogP contribution >= 0.6 is 0 Å². The second-order valence-corrected chi connectivity index (χ2v) is 11.2. The van der Waals surface area contributed by atoms with Crippen molar-refractivity contribution >= 4 is 31.5 Å². The highest BCUT2D eigenvalue weighted by atomic mass is 32.2. The number of hydrogen-bond acceptors (Lipinski definition) is 5. The normalized spacial score (nSPS) is 22.0. The lowest BCUT2D eigenvalue weighted by molar-refractivity contribution is -0.121. The first-order chi connectivity index (χ1) is 12.7. The molecule has 0 radical (unpaired) electrons. The van der Waals surface area contributed by atoms with Crippen LogP contribution in [0.15, 0.2) is 23.1 Å². The minimum Gasteiger partial charge on any atom is -0.312 e. The fraction of sp³-hybridized carbons (Fsp3) is 0.611. The van der Waals surface area contributed by atoms with Gasteiger partial charge in [0.2, 0.25) is 15.9 Å². The predicted octanol–water partition coefficient (Wildman–Crippen LogP) is 1.43. The average Bonchev–Trinajstić information content (AvgIpc) is 3.00. The van der Waals surface area contributed by atoms with E-state index >= 15 is 0 Å². The average molecular weight is 415 g/mol. The fourth-order valence-electron chi connectivity index (χ4n) is 3.89. The van der Waals surface area contributed by atoms with E-state index in [0.29, 0.717) is 38.2 Å². The van der Waals surface area contributed by atoms with Crippen LogP contribution in [0.5, 0.6) is 0 Å². The highest BCUT2D eigenvalue weighted by Gasteiger charge is 2.37. The Bertz CT molecular complexity index is 936. The zero-order valence-corrected chi connectivity index (χ0v) is 17.4. The molecule has 1 atom stereocenters. The Hall–Kier alpha value is -1.45. The van der Waals surface area contributed by atoms with Crippen molar-refractivity contribution in [3.63, 3.8) is 0 Å². The lowest BCUT2D eigenvalue weighted by Gasteiger charge is -2.32. The number of anilines is 1. The van der Waals surface area contributed by atoms with Gasteiger partial charge in [0.15, 0.2) is 9.84 Å². The van der Waals surface area contributed by atoms with Gasteiger partial charge in [-0.05, 0) is 43.0 Å². The summed E-state index contributed by atoms with van der Waals surface area (Å²) in [6, 6.07) is 4.89. The summed E-state index contributed by atoms with van der Waals surface area (Å²) < 4.78 is 50.3. The van der Waals surface area contributed by atoms with E-state index in [1.165, 1.54) is 4.31 Å². The molecule has 0 spiro atoms. The molecule has 2 aliphatic heterocycles. The Kier molecular flexibility index (Phi) is 5.65. The Morgan fingerprint density at radius 3 is 2.56 bits per heavy atom. The molecule has 1 aromatic rings. The zero-order valence-electron chi connectivity index (χ0n) is 15.7. The number of fused-ring (bicyclic) bond motifs is 1. The van der Waals surface area contributed by atoms with Gasteiger partial charge in [-0.25, -0.2) is 16.8 Å². The number of nitrogens with zero attached hydrogens (tertiary/aromatic N) is 2. The number of carbonyl (C=O) groups is 1. The van der Waals surface area contributed by atoms with E-state index in [2.05, 4.69) is 0 Å². The summed E-state index contributed by atoms with van der Waals surface area (Å²) in [5, 5.41) is 0. The zero-order chi connectivity index (χ0) is 19.8. The molecule has 2 heterocycles.